The van der Waals surface area contributed by atoms with Gasteiger partial charge in [0.15, 0.2) is 0 Å². The Labute approximate surface area is 159 Å². The van der Waals surface area contributed by atoms with E-state index in [9.17, 15) is 0 Å². The molecule has 0 radical (unpaired) electrons. The Morgan fingerprint density at radius 2 is 1.22 bits per heavy atom. The number of halogens is 3. The van der Waals surface area contributed by atoms with Gasteiger partial charge in [0.2, 0.25) is 0 Å². The van der Waals surface area contributed by atoms with Crippen molar-refractivity contribution >= 4 is 57.2 Å². The van der Waals surface area contributed by atoms with Crippen LogP contribution in [0.3, 0.4) is 0 Å². The molecule has 0 aromatic heterocycles. The maximum absolute atomic E-state index is 6.09. The van der Waals surface area contributed by atoms with Crippen LogP contribution in [0.2, 0.25) is 10.0 Å². The molecular weight excluding hydrogens is 442 g/mol. The average molecular weight is 457 g/mol. The number of hydrogen-bond acceptors (Lipinski definition) is 2. The van der Waals surface area contributed by atoms with Crippen LogP contribution < -0.4 is 11.5 Å². The number of rotatable bonds is 1. The Morgan fingerprint density at radius 1 is 0.696 bits per heavy atom. The highest BCUT2D eigenvalue weighted by Gasteiger charge is 2.03. The smallest absolute Gasteiger partial charge is 0.0499 e. The van der Waals surface area contributed by atoms with Crippen LogP contribution in [0.1, 0.15) is 0 Å². The summed E-state index contributed by atoms with van der Waals surface area (Å²) in [4.78, 5) is 0. The first-order valence-corrected chi connectivity index (χ1v) is 8.61. The first kappa shape index (κ1) is 17.9. The second kappa shape index (κ2) is 8.43. The number of benzene rings is 3. The van der Waals surface area contributed by atoms with E-state index < -0.39 is 0 Å². The topological polar surface area (TPSA) is 52.0 Å². The molecule has 2 nitrogen and oxygen atoms in total. The highest BCUT2D eigenvalue weighted by molar-refractivity contribution is 14.1. The highest BCUT2D eigenvalue weighted by atomic mass is 127. The van der Waals surface area contributed by atoms with Crippen molar-refractivity contribution in [1.82, 2.24) is 0 Å². The van der Waals surface area contributed by atoms with E-state index in [4.69, 9.17) is 34.7 Å². The van der Waals surface area contributed by atoms with Crippen LogP contribution >= 0.6 is 45.8 Å². The summed E-state index contributed by atoms with van der Waals surface area (Å²) in [6.07, 6.45) is 0. The van der Waals surface area contributed by atoms with Crippen molar-refractivity contribution in [2.45, 2.75) is 0 Å². The van der Waals surface area contributed by atoms with Gasteiger partial charge in [0, 0.05) is 30.6 Å². The minimum absolute atomic E-state index is 0.638. The predicted molar refractivity (Wildman–Crippen MR) is 110 cm³/mol. The van der Waals surface area contributed by atoms with Crippen LogP contribution in [-0.4, -0.2) is 0 Å². The molecule has 118 valence electrons. The van der Waals surface area contributed by atoms with Crippen molar-refractivity contribution in [2.75, 3.05) is 11.5 Å². The molecule has 0 atom stereocenters. The maximum Gasteiger partial charge on any atom is 0.0499 e. The SMILES string of the molecule is Nc1ccc(-c2ccc(Cl)cc2Cl)cc1.Nc1ccc(I)cc1. The van der Waals surface area contributed by atoms with Gasteiger partial charge in [0.05, 0.1) is 0 Å². The van der Waals surface area contributed by atoms with Gasteiger partial charge in [-0.1, -0.05) is 41.4 Å². The standard InChI is InChI=1S/C12H9Cl2N.C6H6IN/c13-9-3-6-11(12(14)7-9)8-1-4-10(15)5-2-8;7-5-1-3-6(8)4-2-5/h1-7H,15H2;1-4H,8H2. The fourth-order valence-corrected chi connectivity index (χ4v) is 2.73. The fourth-order valence-electron chi connectivity index (χ4n) is 1.85. The molecule has 3 aromatic carbocycles. The normalized spacial score (nSPS) is 9.87. The zero-order valence-electron chi connectivity index (χ0n) is 12.1. The zero-order chi connectivity index (χ0) is 16.8. The quantitative estimate of drug-likeness (QED) is 0.342. The summed E-state index contributed by atoms with van der Waals surface area (Å²) in [6, 6.07) is 20.8. The van der Waals surface area contributed by atoms with E-state index >= 15 is 0 Å². The van der Waals surface area contributed by atoms with Crippen LogP contribution in [-0.2, 0) is 0 Å². The van der Waals surface area contributed by atoms with Crippen molar-refractivity contribution in [1.29, 1.82) is 0 Å². The molecule has 0 amide bonds. The van der Waals surface area contributed by atoms with E-state index in [1.165, 1.54) is 3.57 Å². The number of hydrogen-bond donors (Lipinski definition) is 2. The molecule has 0 unspecified atom stereocenters. The third-order valence-electron chi connectivity index (χ3n) is 3.02. The molecule has 0 saturated carbocycles. The largest absolute Gasteiger partial charge is 0.399 e. The summed E-state index contributed by atoms with van der Waals surface area (Å²) in [5, 5.41) is 1.28. The summed E-state index contributed by atoms with van der Waals surface area (Å²) in [7, 11) is 0. The lowest BCUT2D eigenvalue weighted by molar-refractivity contribution is 1.61. The van der Waals surface area contributed by atoms with E-state index in [0.29, 0.717) is 10.0 Å². The molecule has 0 fully saturated rings. The van der Waals surface area contributed by atoms with Gasteiger partial charge in [-0.2, -0.15) is 0 Å². The second-order valence-electron chi connectivity index (χ2n) is 4.80. The van der Waals surface area contributed by atoms with Gasteiger partial charge in [-0.3, -0.25) is 0 Å². The van der Waals surface area contributed by atoms with Gasteiger partial charge >= 0.3 is 0 Å². The molecule has 0 spiro atoms. The van der Waals surface area contributed by atoms with Gasteiger partial charge in [0.25, 0.3) is 0 Å². The van der Waals surface area contributed by atoms with E-state index in [-0.39, 0.29) is 0 Å². The number of nitrogens with two attached hydrogens (primary N) is 2. The molecule has 0 aliphatic heterocycles. The van der Waals surface area contributed by atoms with Crippen LogP contribution in [0.15, 0.2) is 66.7 Å². The Morgan fingerprint density at radius 3 is 1.70 bits per heavy atom. The fraction of sp³-hybridized carbons (Fsp3) is 0. The number of anilines is 2. The van der Waals surface area contributed by atoms with E-state index in [0.717, 1.165) is 22.5 Å². The van der Waals surface area contributed by atoms with Crippen LogP contribution in [0.25, 0.3) is 11.1 Å². The van der Waals surface area contributed by atoms with E-state index in [1.54, 1.807) is 6.07 Å². The van der Waals surface area contributed by atoms with Gasteiger partial charge in [-0.25, -0.2) is 0 Å². The average Bonchev–Trinajstić information content (AvgIpc) is 2.52. The lowest BCUT2D eigenvalue weighted by atomic mass is 10.1. The van der Waals surface area contributed by atoms with Gasteiger partial charge in [-0.05, 0) is 76.7 Å². The molecule has 5 heteroatoms. The molecule has 4 N–H and O–H groups in total. The Hall–Kier alpha value is -1.43. The molecule has 0 aliphatic carbocycles. The van der Waals surface area contributed by atoms with E-state index in [2.05, 4.69) is 22.6 Å². The lowest BCUT2D eigenvalue weighted by Crippen LogP contribution is -1.84. The zero-order valence-corrected chi connectivity index (χ0v) is 15.8. The summed E-state index contributed by atoms with van der Waals surface area (Å²) in [6.45, 7) is 0. The Bertz CT molecular complexity index is 751. The predicted octanol–water partition coefficient (Wildman–Crippen LogP) is 6.12. The Kier molecular flexibility index (Phi) is 6.57. The summed E-state index contributed by atoms with van der Waals surface area (Å²) >= 11 is 14.2. The van der Waals surface area contributed by atoms with E-state index in [1.807, 2.05) is 60.7 Å². The van der Waals surface area contributed by atoms with Crippen LogP contribution in [0.4, 0.5) is 11.4 Å². The number of nitrogen functional groups attached to an aromatic ring is 2. The van der Waals surface area contributed by atoms with Crippen molar-refractivity contribution in [3.63, 3.8) is 0 Å². The van der Waals surface area contributed by atoms with Crippen molar-refractivity contribution < 1.29 is 0 Å². The van der Waals surface area contributed by atoms with Gasteiger partial charge in [0.1, 0.15) is 0 Å². The third kappa shape index (κ3) is 5.61. The molecule has 0 bridgehead atoms. The lowest BCUT2D eigenvalue weighted by Gasteiger charge is -2.05. The minimum atomic E-state index is 0.638. The summed E-state index contributed by atoms with van der Waals surface area (Å²) in [5.74, 6) is 0. The highest BCUT2D eigenvalue weighted by Crippen LogP contribution is 2.30. The second-order valence-corrected chi connectivity index (χ2v) is 6.89. The molecule has 0 aliphatic rings. The summed E-state index contributed by atoms with van der Waals surface area (Å²) < 4.78 is 1.22. The third-order valence-corrected chi connectivity index (χ3v) is 4.29. The van der Waals surface area contributed by atoms with Crippen LogP contribution in [0.5, 0.6) is 0 Å². The first-order valence-electron chi connectivity index (χ1n) is 6.78. The molecule has 0 saturated heterocycles. The molecule has 3 rings (SSSR count). The molecule has 23 heavy (non-hydrogen) atoms. The van der Waals surface area contributed by atoms with Gasteiger partial charge < -0.3 is 11.5 Å². The minimum Gasteiger partial charge on any atom is -0.399 e. The first-order chi connectivity index (χ1) is 11.0. The summed E-state index contributed by atoms with van der Waals surface area (Å²) in [5.41, 5.74) is 14.6. The molecule has 0 heterocycles. The molecule has 3 aromatic rings. The maximum atomic E-state index is 6.09. The van der Waals surface area contributed by atoms with Crippen LogP contribution in [0, 0.1) is 3.57 Å². The Balaban J connectivity index is 0.000000203. The molecular formula is C18H15Cl2IN2. The van der Waals surface area contributed by atoms with Gasteiger partial charge in [-0.15, -0.1) is 0 Å². The van der Waals surface area contributed by atoms with Crippen molar-refractivity contribution in [2.24, 2.45) is 0 Å². The van der Waals surface area contributed by atoms with Crippen molar-refractivity contribution in [3.8, 4) is 11.1 Å². The monoisotopic (exact) mass is 456 g/mol. The van der Waals surface area contributed by atoms with Crippen molar-refractivity contribution in [3.05, 3.63) is 80.3 Å².